The number of nitrogens with one attached hydrogen (secondary N) is 2. The number of aryl methyl sites for hydroxylation is 1. The van der Waals surface area contributed by atoms with Gasteiger partial charge in [-0.3, -0.25) is 9.59 Å². The summed E-state index contributed by atoms with van der Waals surface area (Å²) in [6, 6.07) is 5.75. The van der Waals surface area contributed by atoms with Gasteiger partial charge in [-0.05, 0) is 24.6 Å². The molecule has 2 N–H and O–H groups in total. The topological polar surface area (TPSA) is 76.7 Å². The number of carbonyl (C=O) groups is 2. The molecule has 1 aromatic rings. The zero-order valence-corrected chi connectivity index (χ0v) is 10.1. The van der Waals surface area contributed by atoms with Crippen molar-refractivity contribution in [3.05, 3.63) is 23.8 Å². The molecule has 0 aliphatic rings. The molecule has 0 spiro atoms. The van der Waals surface area contributed by atoms with Crippen LogP contribution in [0.1, 0.15) is 5.56 Å². The maximum Gasteiger partial charge on any atom is 0.294 e. The van der Waals surface area contributed by atoms with Crippen LogP contribution in [0.3, 0.4) is 0 Å². The first-order valence-electron chi connectivity index (χ1n) is 5.47. The van der Waals surface area contributed by atoms with Gasteiger partial charge in [0.1, 0.15) is 6.61 Å². The van der Waals surface area contributed by atoms with E-state index in [4.69, 9.17) is 0 Å². The minimum atomic E-state index is 0.127. The van der Waals surface area contributed by atoms with Crippen molar-refractivity contribution in [2.75, 3.05) is 30.5 Å². The van der Waals surface area contributed by atoms with Crippen molar-refractivity contribution >= 4 is 24.3 Å². The van der Waals surface area contributed by atoms with Crippen molar-refractivity contribution in [1.82, 2.24) is 0 Å². The molecule has 0 saturated carbocycles. The zero-order valence-electron chi connectivity index (χ0n) is 10.1. The third-order valence-electron chi connectivity index (χ3n) is 2.27. The molecular weight excluding hydrogens is 236 g/mol. The number of benzene rings is 1. The van der Waals surface area contributed by atoms with E-state index in [9.17, 15) is 9.59 Å². The molecule has 98 valence electrons. The predicted molar refractivity (Wildman–Crippen MR) is 67.3 cm³/mol. The fourth-order valence-electron chi connectivity index (χ4n) is 1.38. The maximum atomic E-state index is 10.0. The molecule has 0 aliphatic carbocycles. The third-order valence-corrected chi connectivity index (χ3v) is 2.27. The molecule has 18 heavy (non-hydrogen) atoms. The normalized spacial score (nSPS) is 9.39. The smallest absolute Gasteiger partial charge is 0.294 e. The molecule has 6 nitrogen and oxygen atoms in total. The van der Waals surface area contributed by atoms with Gasteiger partial charge >= 0.3 is 0 Å². The second-order valence-corrected chi connectivity index (χ2v) is 3.51. The van der Waals surface area contributed by atoms with Crippen LogP contribution in [0.2, 0.25) is 0 Å². The van der Waals surface area contributed by atoms with Gasteiger partial charge < -0.3 is 20.1 Å². The lowest BCUT2D eigenvalue weighted by Crippen LogP contribution is -2.10. The molecule has 0 unspecified atom stereocenters. The molecule has 1 aromatic carbocycles. The highest BCUT2D eigenvalue weighted by Gasteiger charge is 2.00. The highest BCUT2D eigenvalue weighted by Crippen LogP contribution is 2.19. The quantitative estimate of drug-likeness (QED) is 0.389. The van der Waals surface area contributed by atoms with Crippen LogP contribution in [-0.2, 0) is 19.1 Å². The average molecular weight is 252 g/mol. The molecule has 0 radical (unpaired) electrons. The van der Waals surface area contributed by atoms with Crippen molar-refractivity contribution < 1.29 is 19.1 Å². The van der Waals surface area contributed by atoms with Crippen molar-refractivity contribution in [2.45, 2.75) is 6.92 Å². The van der Waals surface area contributed by atoms with E-state index >= 15 is 0 Å². The van der Waals surface area contributed by atoms with Gasteiger partial charge in [-0.2, -0.15) is 0 Å². The molecule has 0 aliphatic heterocycles. The highest BCUT2D eigenvalue weighted by atomic mass is 16.5. The lowest BCUT2D eigenvalue weighted by molar-refractivity contribution is -0.129. The van der Waals surface area contributed by atoms with E-state index in [2.05, 4.69) is 20.1 Å². The van der Waals surface area contributed by atoms with Crippen LogP contribution in [0.5, 0.6) is 0 Å². The van der Waals surface area contributed by atoms with Gasteiger partial charge in [0.15, 0.2) is 6.73 Å². The lowest BCUT2D eigenvalue weighted by atomic mass is 10.2. The monoisotopic (exact) mass is 252 g/mol. The summed E-state index contributed by atoms with van der Waals surface area (Å²) in [5.74, 6) is 0. The number of hydrogen-bond donors (Lipinski definition) is 2. The molecule has 1 rings (SSSR count). The van der Waals surface area contributed by atoms with Crippen LogP contribution < -0.4 is 10.6 Å². The summed E-state index contributed by atoms with van der Waals surface area (Å²) in [5.41, 5.74) is 2.81. The predicted octanol–water partition coefficient (Wildman–Crippen LogP) is 1.12. The Morgan fingerprint density at radius 3 is 2.67 bits per heavy atom. The van der Waals surface area contributed by atoms with Gasteiger partial charge in [0.2, 0.25) is 0 Å². The van der Waals surface area contributed by atoms with Crippen molar-refractivity contribution in [3.8, 4) is 0 Å². The summed E-state index contributed by atoms with van der Waals surface area (Å²) in [4.78, 5) is 20.0. The summed E-state index contributed by atoms with van der Waals surface area (Å²) in [6.07, 6.45) is 0. The molecule has 0 saturated heterocycles. The van der Waals surface area contributed by atoms with E-state index in [0.717, 1.165) is 16.9 Å². The Bertz CT molecular complexity index is 396. The van der Waals surface area contributed by atoms with E-state index in [-0.39, 0.29) is 6.73 Å². The molecule has 0 fully saturated rings. The van der Waals surface area contributed by atoms with E-state index < -0.39 is 0 Å². The second-order valence-electron chi connectivity index (χ2n) is 3.51. The van der Waals surface area contributed by atoms with Crippen LogP contribution in [-0.4, -0.2) is 32.8 Å². The molecule has 6 heteroatoms. The van der Waals surface area contributed by atoms with Gasteiger partial charge in [-0.1, -0.05) is 6.07 Å². The Hall–Kier alpha value is -2.24. The van der Waals surface area contributed by atoms with E-state index in [1.165, 1.54) is 0 Å². The minimum absolute atomic E-state index is 0.127. The van der Waals surface area contributed by atoms with Gasteiger partial charge in [-0.25, -0.2) is 0 Å². The summed E-state index contributed by atoms with van der Waals surface area (Å²) < 4.78 is 9.15. The fourth-order valence-corrected chi connectivity index (χ4v) is 1.38. The molecule has 0 aromatic heterocycles. The highest BCUT2D eigenvalue weighted by molar-refractivity contribution is 5.61. The first-order chi connectivity index (χ1) is 8.77. The Morgan fingerprint density at radius 2 is 1.94 bits per heavy atom. The Kier molecular flexibility index (Phi) is 6.10. The molecule has 0 atom stereocenters. The SMILES string of the molecule is Cc1ccc(NCCOC=O)cc1NCOC=O. The number of rotatable bonds is 9. The number of anilines is 2. The second kappa shape index (κ2) is 7.94. The van der Waals surface area contributed by atoms with Gasteiger partial charge in [0.25, 0.3) is 12.9 Å². The van der Waals surface area contributed by atoms with E-state index in [1.807, 2.05) is 25.1 Å². The van der Waals surface area contributed by atoms with E-state index in [1.54, 1.807) is 0 Å². The fraction of sp³-hybridized carbons (Fsp3) is 0.333. The number of hydrogen-bond acceptors (Lipinski definition) is 6. The average Bonchev–Trinajstić information content (AvgIpc) is 2.38. The Labute approximate surface area is 105 Å². The zero-order chi connectivity index (χ0) is 13.2. The van der Waals surface area contributed by atoms with Crippen LogP contribution in [0.25, 0.3) is 0 Å². The van der Waals surface area contributed by atoms with Crippen LogP contribution in [0, 0.1) is 6.92 Å². The van der Waals surface area contributed by atoms with Crippen molar-refractivity contribution in [1.29, 1.82) is 0 Å². The molecule has 0 heterocycles. The number of ether oxygens (including phenoxy) is 2. The summed E-state index contributed by atoms with van der Waals surface area (Å²) in [5, 5.41) is 6.08. The third kappa shape index (κ3) is 4.73. The Morgan fingerprint density at radius 1 is 1.17 bits per heavy atom. The largest absolute Gasteiger partial charge is 0.466 e. The van der Waals surface area contributed by atoms with Gasteiger partial charge in [0.05, 0.1) is 0 Å². The van der Waals surface area contributed by atoms with Crippen LogP contribution in [0.15, 0.2) is 18.2 Å². The van der Waals surface area contributed by atoms with Gasteiger partial charge in [0, 0.05) is 17.9 Å². The maximum absolute atomic E-state index is 10.0. The van der Waals surface area contributed by atoms with E-state index in [0.29, 0.717) is 26.1 Å². The Balaban J connectivity index is 2.50. The first-order valence-corrected chi connectivity index (χ1v) is 5.47. The van der Waals surface area contributed by atoms with Gasteiger partial charge in [-0.15, -0.1) is 0 Å². The summed E-state index contributed by atoms with van der Waals surface area (Å²) in [6.45, 7) is 3.73. The van der Waals surface area contributed by atoms with Crippen molar-refractivity contribution in [2.24, 2.45) is 0 Å². The summed E-state index contributed by atoms with van der Waals surface area (Å²) >= 11 is 0. The molecule has 0 bridgehead atoms. The lowest BCUT2D eigenvalue weighted by Gasteiger charge is -2.12. The summed E-state index contributed by atoms with van der Waals surface area (Å²) in [7, 11) is 0. The minimum Gasteiger partial charge on any atom is -0.466 e. The first kappa shape index (κ1) is 13.8. The molecule has 0 amide bonds. The standard InChI is InChI=1S/C12H16N2O4/c1-10-2-3-11(13-4-5-17-8-15)6-12(10)14-7-18-9-16/h2-3,6,8-9,13-14H,4-5,7H2,1H3. The van der Waals surface area contributed by atoms with Crippen LogP contribution >= 0.6 is 0 Å². The van der Waals surface area contributed by atoms with Crippen molar-refractivity contribution in [3.63, 3.8) is 0 Å². The number of carbonyl (C=O) groups excluding carboxylic acids is 2. The van der Waals surface area contributed by atoms with Crippen LogP contribution in [0.4, 0.5) is 11.4 Å². The molecular formula is C12H16N2O4.